The maximum absolute atomic E-state index is 12.3. The predicted octanol–water partition coefficient (Wildman–Crippen LogP) is 3.84. The molecule has 0 fully saturated rings. The Bertz CT molecular complexity index is 703. The zero-order chi connectivity index (χ0) is 14.8. The minimum absolute atomic E-state index is 0.133. The number of carbonyl (C=O) groups is 1. The number of anilines is 1. The molecule has 0 atom stereocenters. The molecule has 0 spiro atoms. The third kappa shape index (κ3) is 3.39. The normalized spacial score (nSPS) is 13.6. The summed E-state index contributed by atoms with van der Waals surface area (Å²) in [4.78, 5) is 12.3. The Balaban J connectivity index is 1.82. The van der Waals surface area contributed by atoms with Gasteiger partial charge in [0, 0.05) is 15.7 Å². The van der Waals surface area contributed by atoms with Crippen LogP contribution in [0.1, 0.15) is 21.5 Å². The van der Waals surface area contributed by atoms with Crippen molar-refractivity contribution >= 4 is 45.8 Å². The summed E-state index contributed by atoms with van der Waals surface area (Å²) in [5.41, 5.74) is 3.81. The maximum atomic E-state index is 12.3. The fourth-order valence-corrected chi connectivity index (χ4v) is 3.31. The van der Waals surface area contributed by atoms with Gasteiger partial charge in [-0.2, -0.15) is 0 Å². The molecule has 2 aromatic rings. The Hall–Kier alpha value is -1.11. The molecule has 21 heavy (non-hydrogen) atoms. The predicted molar refractivity (Wildman–Crippen MR) is 94.0 cm³/mol. The van der Waals surface area contributed by atoms with Gasteiger partial charge in [-0.25, -0.2) is 0 Å². The van der Waals surface area contributed by atoms with Crippen molar-refractivity contribution in [3.05, 3.63) is 61.7 Å². The van der Waals surface area contributed by atoms with E-state index >= 15 is 0 Å². The van der Waals surface area contributed by atoms with Crippen molar-refractivity contribution in [3.8, 4) is 0 Å². The number of hydrogen-bond donors (Lipinski definition) is 2. The highest BCUT2D eigenvalue weighted by Crippen LogP contribution is 2.25. The smallest absolute Gasteiger partial charge is 0.255 e. The first-order valence-electron chi connectivity index (χ1n) is 6.72. The van der Waals surface area contributed by atoms with Crippen LogP contribution in [0.4, 0.5) is 5.69 Å². The van der Waals surface area contributed by atoms with Gasteiger partial charge < -0.3 is 10.6 Å². The summed E-state index contributed by atoms with van der Waals surface area (Å²) in [5, 5.41) is 6.74. The second kappa shape index (κ2) is 6.34. The number of benzene rings is 2. The molecule has 2 aromatic carbocycles. The zero-order valence-electron chi connectivity index (χ0n) is 11.2. The van der Waals surface area contributed by atoms with E-state index in [0.717, 1.165) is 23.1 Å². The average Bonchev–Trinajstić information content (AvgIpc) is 2.49. The molecule has 5 heteroatoms. The zero-order valence-corrected chi connectivity index (χ0v) is 14.2. The molecule has 0 saturated carbocycles. The Morgan fingerprint density at radius 2 is 2.05 bits per heavy atom. The largest absolute Gasteiger partial charge is 0.321 e. The minimum Gasteiger partial charge on any atom is -0.321 e. The molecule has 0 aromatic heterocycles. The number of nitrogens with one attached hydrogen (secondary N) is 2. The molecule has 0 unspecified atom stereocenters. The molecule has 1 aliphatic rings. The molecule has 3 rings (SSSR count). The lowest BCUT2D eigenvalue weighted by Gasteiger charge is -2.17. The van der Waals surface area contributed by atoms with Crippen LogP contribution in [0.2, 0.25) is 5.02 Å². The van der Waals surface area contributed by atoms with E-state index in [-0.39, 0.29) is 5.91 Å². The van der Waals surface area contributed by atoms with E-state index < -0.39 is 0 Å². The summed E-state index contributed by atoms with van der Waals surface area (Å²) < 4.78 is 1.04. The van der Waals surface area contributed by atoms with Crippen molar-refractivity contribution in [2.24, 2.45) is 0 Å². The maximum Gasteiger partial charge on any atom is 0.255 e. The summed E-state index contributed by atoms with van der Waals surface area (Å²) >= 11 is 8.33. The van der Waals surface area contributed by atoms with Gasteiger partial charge in [-0.15, -0.1) is 0 Å². The van der Waals surface area contributed by atoms with E-state index in [2.05, 4.69) is 33.2 Å². The SMILES string of the molecule is O=C(Nc1ccc(I)cc1Cl)c1ccc2c(c1)CNCC2. The molecule has 1 aliphatic heterocycles. The van der Waals surface area contributed by atoms with Crippen LogP contribution >= 0.6 is 34.2 Å². The molecule has 0 aliphatic carbocycles. The van der Waals surface area contributed by atoms with Crippen LogP contribution in [-0.2, 0) is 13.0 Å². The van der Waals surface area contributed by atoms with Gasteiger partial charge in [0.2, 0.25) is 0 Å². The second-order valence-corrected chi connectivity index (χ2v) is 6.64. The van der Waals surface area contributed by atoms with E-state index in [1.807, 2.05) is 36.4 Å². The summed E-state index contributed by atoms with van der Waals surface area (Å²) in [7, 11) is 0. The van der Waals surface area contributed by atoms with Gasteiger partial charge in [-0.3, -0.25) is 4.79 Å². The van der Waals surface area contributed by atoms with Crippen LogP contribution < -0.4 is 10.6 Å². The number of halogens is 2. The van der Waals surface area contributed by atoms with Crippen molar-refractivity contribution in [1.29, 1.82) is 0 Å². The summed E-state index contributed by atoms with van der Waals surface area (Å²) in [6, 6.07) is 11.4. The summed E-state index contributed by atoms with van der Waals surface area (Å²) in [5.74, 6) is -0.133. The average molecular weight is 413 g/mol. The monoisotopic (exact) mass is 412 g/mol. The fourth-order valence-electron chi connectivity index (χ4n) is 2.41. The number of rotatable bonds is 2. The van der Waals surface area contributed by atoms with Gasteiger partial charge >= 0.3 is 0 Å². The van der Waals surface area contributed by atoms with E-state index in [1.54, 1.807) is 0 Å². The Morgan fingerprint density at radius 3 is 2.86 bits per heavy atom. The van der Waals surface area contributed by atoms with Crippen LogP contribution in [0, 0.1) is 3.57 Å². The van der Waals surface area contributed by atoms with Crippen LogP contribution in [0.5, 0.6) is 0 Å². The third-order valence-corrected chi connectivity index (χ3v) is 4.52. The molecule has 0 bridgehead atoms. The first kappa shape index (κ1) is 14.8. The van der Waals surface area contributed by atoms with Crippen molar-refractivity contribution in [1.82, 2.24) is 5.32 Å². The highest BCUT2D eigenvalue weighted by Gasteiger charge is 2.13. The lowest BCUT2D eigenvalue weighted by Crippen LogP contribution is -2.24. The van der Waals surface area contributed by atoms with Crippen molar-refractivity contribution in [2.75, 3.05) is 11.9 Å². The van der Waals surface area contributed by atoms with Crippen molar-refractivity contribution < 1.29 is 4.79 Å². The summed E-state index contributed by atoms with van der Waals surface area (Å²) in [6.07, 6.45) is 1.01. The molecular weight excluding hydrogens is 399 g/mol. The van der Waals surface area contributed by atoms with Gasteiger partial charge in [0.05, 0.1) is 10.7 Å². The van der Waals surface area contributed by atoms with Gasteiger partial charge in [0.15, 0.2) is 0 Å². The number of fused-ring (bicyclic) bond motifs is 1. The van der Waals surface area contributed by atoms with Gasteiger partial charge in [-0.05, 0) is 77.0 Å². The standard InChI is InChI=1S/C16H14ClIN2O/c17-14-8-13(18)3-4-15(14)20-16(21)11-2-1-10-5-6-19-9-12(10)7-11/h1-4,7-8,19H,5-6,9H2,(H,20,21). The Kier molecular flexibility index (Phi) is 4.47. The van der Waals surface area contributed by atoms with Gasteiger partial charge in [0.1, 0.15) is 0 Å². The molecule has 2 N–H and O–H groups in total. The van der Waals surface area contributed by atoms with Crippen molar-refractivity contribution in [2.45, 2.75) is 13.0 Å². The molecule has 108 valence electrons. The van der Waals surface area contributed by atoms with E-state index in [0.29, 0.717) is 16.3 Å². The van der Waals surface area contributed by atoms with Crippen molar-refractivity contribution in [3.63, 3.8) is 0 Å². The first-order chi connectivity index (χ1) is 10.1. The molecular formula is C16H14ClIN2O. The Morgan fingerprint density at radius 1 is 1.19 bits per heavy atom. The van der Waals surface area contributed by atoms with Crippen LogP contribution in [0.15, 0.2) is 36.4 Å². The second-order valence-electron chi connectivity index (χ2n) is 4.99. The molecule has 0 saturated heterocycles. The molecule has 1 heterocycles. The fraction of sp³-hybridized carbons (Fsp3) is 0.188. The van der Waals surface area contributed by atoms with E-state index in [1.165, 1.54) is 11.1 Å². The summed E-state index contributed by atoms with van der Waals surface area (Å²) in [6.45, 7) is 1.82. The third-order valence-electron chi connectivity index (χ3n) is 3.53. The molecule has 1 amide bonds. The van der Waals surface area contributed by atoms with E-state index in [9.17, 15) is 4.79 Å². The van der Waals surface area contributed by atoms with Gasteiger partial charge in [0.25, 0.3) is 5.91 Å². The number of carbonyl (C=O) groups excluding carboxylic acids is 1. The van der Waals surface area contributed by atoms with Crippen LogP contribution in [0.3, 0.4) is 0 Å². The molecule has 0 radical (unpaired) electrons. The number of amides is 1. The minimum atomic E-state index is -0.133. The highest BCUT2D eigenvalue weighted by molar-refractivity contribution is 14.1. The Labute approximate surface area is 142 Å². The first-order valence-corrected chi connectivity index (χ1v) is 8.18. The van der Waals surface area contributed by atoms with Gasteiger partial charge in [-0.1, -0.05) is 17.7 Å². The lowest BCUT2D eigenvalue weighted by atomic mass is 9.98. The molecule has 3 nitrogen and oxygen atoms in total. The van der Waals surface area contributed by atoms with E-state index in [4.69, 9.17) is 11.6 Å². The van der Waals surface area contributed by atoms with Crippen LogP contribution in [-0.4, -0.2) is 12.5 Å². The van der Waals surface area contributed by atoms with Crippen LogP contribution in [0.25, 0.3) is 0 Å². The topological polar surface area (TPSA) is 41.1 Å². The lowest BCUT2D eigenvalue weighted by molar-refractivity contribution is 0.102. The highest BCUT2D eigenvalue weighted by atomic mass is 127. The number of hydrogen-bond acceptors (Lipinski definition) is 2. The quantitative estimate of drug-likeness (QED) is 0.736.